The SMILES string of the molecule is CC(=O)N1CCCc2cc(NC(=O)COc3cc(Cl)c(Cl)cc3Cl)ccc21. The lowest BCUT2D eigenvalue weighted by Gasteiger charge is -2.29. The molecular weight excluding hydrogens is 411 g/mol. The van der Waals surface area contributed by atoms with Crippen molar-refractivity contribution in [3.8, 4) is 5.75 Å². The van der Waals surface area contributed by atoms with E-state index in [-0.39, 0.29) is 29.2 Å². The molecule has 0 aromatic heterocycles. The number of carbonyl (C=O) groups excluding carboxylic acids is 2. The van der Waals surface area contributed by atoms with Gasteiger partial charge in [-0.2, -0.15) is 0 Å². The molecule has 0 fully saturated rings. The van der Waals surface area contributed by atoms with Gasteiger partial charge >= 0.3 is 0 Å². The topological polar surface area (TPSA) is 58.6 Å². The zero-order valence-corrected chi connectivity index (χ0v) is 16.8. The average molecular weight is 428 g/mol. The smallest absolute Gasteiger partial charge is 0.262 e. The number of ether oxygens (including phenoxy) is 1. The number of aryl methyl sites for hydroxylation is 1. The average Bonchev–Trinajstić information content (AvgIpc) is 2.62. The highest BCUT2D eigenvalue weighted by atomic mass is 35.5. The standard InChI is InChI=1S/C19H17Cl3N2O3/c1-11(25)24-6-2-3-12-7-13(4-5-17(12)24)23-19(26)10-27-18-9-15(21)14(20)8-16(18)22/h4-5,7-9H,2-3,6,10H2,1H3,(H,23,26). The van der Waals surface area contributed by atoms with Crippen LogP contribution < -0.4 is 15.0 Å². The van der Waals surface area contributed by atoms with Gasteiger partial charge in [-0.1, -0.05) is 34.8 Å². The van der Waals surface area contributed by atoms with Crippen molar-refractivity contribution in [2.45, 2.75) is 19.8 Å². The lowest BCUT2D eigenvalue weighted by atomic mass is 10.0. The minimum atomic E-state index is -0.337. The molecule has 1 heterocycles. The number of carbonyl (C=O) groups is 2. The second-order valence-corrected chi connectivity index (χ2v) is 7.37. The number of hydrogen-bond donors (Lipinski definition) is 1. The molecule has 27 heavy (non-hydrogen) atoms. The van der Waals surface area contributed by atoms with E-state index in [1.165, 1.54) is 12.1 Å². The number of anilines is 2. The molecule has 2 aromatic rings. The zero-order chi connectivity index (χ0) is 19.6. The van der Waals surface area contributed by atoms with Crippen molar-refractivity contribution < 1.29 is 14.3 Å². The second-order valence-electron chi connectivity index (χ2n) is 6.15. The van der Waals surface area contributed by atoms with Crippen molar-refractivity contribution in [3.63, 3.8) is 0 Å². The first-order valence-electron chi connectivity index (χ1n) is 8.33. The molecule has 3 rings (SSSR count). The van der Waals surface area contributed by atoms with Gasteiger partial charge in [0.15, 0.2) is 6.61 Å². The Morgan fingerprint density at radius 1 is 1.11 bits per heavy atom. The van der Waals surface area contributed by atoms with E-state index in [0.29, 0.717) is 22.3 Å². The molecule has 8 heteroatoms. The van der Waals surface area contributed by atoms with Crippen molar-refractivity contribution in [1.82, 2.24) is 0 Å². The molecule has 0 saturated heterocycles. The number of nitrogens with zero attached hydrogens (tertiary/aromatic N) is 1. The van der Waals surface area contributed by atoms with E-state index < -0.39 is 0 Å². The van der Waals surface area contributed by atoms with Crippen LogP contribution in [-0.4, -0.2) is 25.0 Å². The van der Waals surface area contributed by atoms with E-state index in [1.54, 1.807) is 17.9 Å². The number of benzene rings is 2. The fourth-order valence-electron chi connectivity index (χ4n) is 2.96. The number of halogens is 3. The minimum absolute atomic E-state index is 0.0136. The summed E-state index contributed by atoms with van der Waals surface area (Å²) >= 11 is 17.8. The van der Waals surface area contributed by atoms with E-state index >= 15 is 0 Å². The van der Waals surface area contributed by atoms with E-state index in [4.69, 9.17) is 39.5 Å². The molecule has 1 aliphatic rings. The molecule has 0 bridgehead atoms. The third kappa shape index (κ3) is 4.67. The number of nitrogens with one attached hydrogen (secondary N) is 1. The summed E-state index contributed by atoms with van der Waals surface area (Å²) in [5.41, 5.74) is 2.57. The fourth-order valence-corrected chi connectivity index (χ4v) is 3.55. The lowest BCUT2D eigenvalue weighted by molar-refractivity contribution is -0.118. The predicted octanol–water partition coefficient (Wildman–Crippen LogP) is 4.96. The summed E-state index contributed by atoms with van der Waals surface area (Å²) in [4.78, 5) is 25.7. The number of fused-ring (bicyclic) bond motifs is 1. The molecule has 5 nitrogen and oxygen atoms in total. The van der Waals surface area contributed by atoms with E-state index in [9.17, 15) is 9.59 Å². The largest absolute Gasteiger partial charge is 0.482 e. The van der Waals surface area contributed by atoms with E-state index in [0.717, 1.165) is 24.1 Å². The van der Waals surface area contributed by atoms with Crippen molar-refractivity contribution >= 4 is 58.0 Å². The van der Waals surface area contributed by atoms with Crippen LogP contribution in [0.4, 0.5) is 11.4 Å². The van der Waals surface area contributed by atoms with Gasteiger partial charge in [-0.15, -0.1) is 0 Å². The van der Waals surface area contributed by atoms with Crippen LogP contribution in [0.15, 0.2) is 30.3 Å². The molecule has 0 atom stereocenters. The van der Waals surface area contributed by atoms with Gasteiger partial charge in [0.05, 0.1) is 15.1 Å². The Bertz CT molecular complexity index is 902. The lowest BCUT2D eigenvalue weighted by Crippen LogP contribution is -2.33. The van der Waals surface area contributed by atoms with Crippen LogP contribution >= 0.6 is 34.8 Å². The summed E-state index contributed by atoms with van der Waals surface area (Å²) in [5.74, 6) is -0.0419. The van der Waals surface area contributed by atoms with Crippen molar-refractivity contribution in [2.75, 3.05) is 23.4 Å². The van der Waals surface area contributed by atoms with E-state index in [1.807, 2.05) is 12.1 Å². The summed E-state index contributed by atoms with van der Waals surface area (Å²) in [6.45, 7) is 2.04. The van der Waals surface area contributed by atoms with Gasteiger partial charge in [-0.05, 0) is 42.7 Å². The highest BCUT2D eigenvalue weighted by Crippen LogP contribution is 2.34. The summed E-state index contributed by atoms with van der Waals surface area (Å²) in [5, 5.41) is 3.66. The predicted molar refractivity (Wildman–Crippen MR) is 108 cm³/mol. The molecule has 0 spiro atoms. The highest BCUT2D eigenvalue weighted by Gasteiger charge is 2.20. The van der Waals surface area contributed by atoms with Crippen LogP contribution in [0.2, 0.25) is 15.1 Å². The van der Waals surface area contributed by atoms with Crippen molar-refractivity contribution in [1.29, 1.82) is 0 Å². The fraction of sp³-hybridized carbons (Fsp3) is 0.263. The van der Waals surface area contributed by atoms with Crippen LogP contribution in [-0.2, 0) is 16.0 Å². The van der Waals surface area contributed by atoms with Gasteiger partial charge in [0.1, 0.15) is 5.75 Å². The third-order valence-electron chi connectivity index (χ3n) is 4.20. The Kier molecular flexibility index (Phi) is 6.15. The maximum Gasteiger partial charge on any atom is 0.262 e. The Hall–Kier alpha value is -1.95. The van der Waals surface area contributed by atoms with Gasteiger partial charge < -0.3 is 15.0 Å². The maximum atomic E-state index is 12.2. The summed E-state index contributed by atoms with van der Waals surface area (Å²) in [6.07, 6.45) is 1.75. The van der Waals surface area contributed by atoms with Crippen molar-refractivity contribution in [2.24, 2.45) is 0 Å². The molecular formula is C19H17Cl3N2O3. The summed E-state index contributed by atoms with van der Waals surface area (Å²) in [6, 6.07) is 8.43. The van der Waals surface area contributed by atoms with Gasteiger partial charge in [0, 0.05) is 30.9 Å². The molecule has 2 amide bonds. The molecule has 0 radical (unpaired) electrons. The first-order valence-corrected chi connectivity index (χ1v) is 9.47. The quantitative estimate of drug-likeness (QED) is 0.701. The number of hydrogen-bond acceptors (Lipinski definition) is 3. The van der Waals surface area contributed by atoms with Crippen molar-refractivity contribution in [3.05, 3.63) is 51.0 Å². The molecule has 0 unspecified atom stereocenters. The summed E-state index contributed by atoms with van der Waals surface area (Å²) < 4.78 is 5.43. The van der Waals surface area contributed by atoms with Crippen LogP contribution in [0.3, 0.4) is 0 Å². The third-order valence-corrected chi connectivity index (χ3v) is 5.21. The minimum Gasteiger partial charge on any atom is -0.482 e. The number of amides is 2. The normalized spacial score (nSPS) is 13.1. The van der Waals surface area contributed by atoms with Gasteiger partial charge in [0.25, 0.3) is 5.91 Å². The summed E-state index contributed by atoms with van der Waals surface area (Å²) in [7, 11) is 0. The first-order chi connectivity index (χ1) is 12.8. The molecule has 0 saturated carbocycles. The van der Waals surface area contributed by atoms with Crippen LogP contribution in [0.5, 0.6) is 5.75 Å². The first kappa shape index (κ1) is 19.8. The van der Waals surface area contributed by atoms with Gasteiger partial charge in [-0.25, -0.2) is 0 Å². The Morgan fingerprint density at radius 3 is 2.59 bits per heavy atom. The van der Waals surface area contributed by atoms with Crippen LogP contribution in [0.25, 0.3) is 0 Å². The molecule has 142 valence electrons. The monoisotopic (exact) mass is 426 g/mol. The Morgan fingerprint density at radius 2 is 1.85 bits per heavy atom. The van der Waals surface area contributed by atoms with Crippen LogP contribution in [0.1, 0.15) is 18.9 Å². The Labute approximate surface area is 172 Å². The van der Waals surface area contributed by atoms with Gasteiger partial charge in [-0.3, -0.25) is 9.59 Å². The maximum absolute atomic E-state index is 12.2. The molecule has 0 aliphatic carbocycles. The highest BCUT2D eigenvalue weighted by molar-refractivity contribution is 6.43. The molecule has 2 aromatic carbocycles. The Balaban J connectivity index is 1.65. The second kappa shape index (κ2) is 8.38. The van der Waals surface area contributed by atoms with Crippen LogP contribution in [0, 0.1) is 0 Å². The van der Waals surface area contributed by atoms with E-state index in [2.05, 4.69) is 5.32 Å². The molecule has 1 aliphatic heterocycles. The van der Waals surface area contributed by atoms with Gasteiger partial charge in [0.2, 0.25) is 5.91 Å². The molecule has 1 N–H and O–H groups in total. The number of rotatable bonds is 4. The zero-order valence-electron chi connectivity index (χ0n) is 14.5.